The van der Waals surface area contributed by atoms with Gasteiger partial charge in [-0.1, -0.05) is 44.7 Å². The average Bonchev–Trinajstić information content (AvgIpc) is 2.64. The summed E-state index contributed by atoms with van der Waals surface area (Å²) in [6.07, 6.45) is 4.37. The van der Waals surface area contributed by atoms with Gasteiger partial charge in [0.15, 0.2) is 11.6 Å². The Bertz CT molecular complexity index is 923. The van der Waals surface area contributed by atoms with Gasteiger partial charge in [0.1, 0.15) is 5.75 Å². The molecule has 2 aliphatic carbocycles. The van der Waals surface area contributed by atoms with Gasteiger partial charge in [0.05, 0.1) is 5.41 Å². The first-order valence-corrected chi connectivity index (χ1v) is 9.40. The Balaban J connectivity index is 2.36. The van der Waals surface area contributed by atoms with Crippen LogP contribution in [-0.2, 0) is 9.59 Å². The lowest BCUT2D eigenvalue weighted by Gasteiger charge is -2.54. The summed E-state index contributed by atoms with van der Waals surface area (Å²) in [4.78, 5) is 26.9. The lowest BCUT2D eigenvalue weighted by atomic mass is 9.45. The molecule has 0 amide bonds. The second kappa shape index (κ2) is 6.05. The molecule has 0 heterocycles. The fraction of sp³-hybridized carbons (Fsp3) is 0.417. The van der Waals surface area contributed by atoms with Crippen molar-refractivity contribution in [1.82, 2.24) is 0 Å². The van der Waals surface area contributed by atoms with Crippen molar-refractivity contribution in [1.29, 1.82) is 0 Å². The number of aromatic hydroxyl groups is 1. The maximum atomic E-state index is 13.6. The Morgan fingerprint density at radius 1 is 1.04 bits per heavy atom. The SMILES string of the molecule is C=CC1=CCC2(C)C(=O)C(C)=C(C)C(=O)C2(C)C1c1cc(C)c(O)c(C)c1. The summed E-state index contributed by atoms with van der Waals surface area (Å²) >= 11 is 0. The number of benzene rings is 1. The van der Waals surface area contributed by atoms with Crippen molar-refractivity contribution in [2.45, 2.75) is 53.9 Å². The quantitative estimate of drug-likeness (QED) is 0.793. The highest BCUT2D eigenvalue weighted by molar-refractivity contribution is 6.17. The van der Waals surface area contributed by atoms with E-state index in [4.69, 9.17) is 0 Å². The van der Waals surface area contributed by atoms with E-state index in [0.29, 0.717) is 17.6 Å². The Hall–Kier alpha value is -2.42. The van der Waals surface area contributed by atoms with Crippen molar-refractivity contribution in [3.63, 3.8) is 0 Å². The van der Waals surface area contributed by atoms with Crippen LogP contribution in [0.15, 0.2) is 47.6 Å². The zero-order valence-electron chi connectivity index (χ0n) is 17.1. The number of fused-ring (bicyclic) bond motifs is 1. The Kier molecular flexibility index (Phi) is 4.33. The summed E-state index contributed by atoms with van der Waals surface area (Å²) in [5.74, 6) is 0.0671. The molecule has 0 spiro atoms. The predicted molar refractivity (Wildman–Crippen MR) is 108 cm³/mol. The van der Waals surface area contributed by atoms with Gasteiger partial charge >= 0.3 is 0 Å². The van der Waals surface area contributed by atoms with Crippen LogP contribution in [0.25, 0.3) is 0 Å². The van der Waals surface area contributed by atoms with E-state index in [1.165, 1.54) is 0 Å². The zero-order valence-corrected chi connectivity index (χ0v) is 17.1. The third-order valence-electron chi connectivity index (χ3n) is 7.10. The molecule has 3 nitrogen and oxygen atoms in total. The van der Waals surface area contributed by atoms with Crippen LogP contribution in [0.3, 0.4) is 0 Å². The third kappa shape index (κ3) is 2.33. The van der Waals surface area contributed by atoms with Crippen LogP contribution >= 0.6 is 0 Å². The van der Waals surface area contributed by atoms with Crippen molar-refractivity contribution >= 4 is 11.6 Å². The topological polar surface area (TPSA) is 54.4 Å². The van der Waals surface area contributed by atoms with Crippen molar-refractivity contribution in [3.8, 4) is 5.75 Å². The Morgan fingerprint density at radius 3 is 2.07 bits per heavy atom. The predicted octanol–water partition coefficient (Wildman–Crippen LogP) is 5.11. The summed E-state index contributed by atoms with van der Waals surface area (Å²) in [7, 11) is 0. The number of rotatable bonds is 2. The standard InChI is InChI=1S/C24H28O3/c1-8-17-9-10-23(6)21(26)15(4)16(5)22(27)24(23,7)19(17)18-11-13(2)20(25)14(3)12-18/h8-9,11-12,19,25H,1,10H2,2-7H3. The molecule has 1 aromatic rings. The number of Topliss-reactive ketones (excluding diaryl/α,β-unsaturated/α-hetero) is 2. The number of phenolic OH excluding ortho intramolecular Hbond substituents is 1. The number of hydrogen-bond donors (Lipinski definition) is 1. The van der Waals surface area contributed by atoms with Crippen LogP contribution in [0, 0.1) is 24.7 Å². The van der Waals surface area contributed by atoms with Gasteiger partial charge in [-0.25, -0.2) is 0 Å². The minimum Gasteiger partial charge on any atom is -0.507 e. The first-order valence-electron chi connectivity index (χ1n) is 9.40. The van der Waals surface area contributed by atoms with Gasteiger partial charge in [-0.05, 0) is 67.5 Å². The second-order valence-corrected chi connectivity index (χ2v) is 8.49. The summed E-state index contributed by atoms with van der Waals surface area (Å²) in [6, 6.07) is 3.86. The van der Waals surface area contributed by atoms with Crippen LogP contribution in [0.4, 0.5) is 0 Å². The second-order valence-electron chi connectivity index (χ2n) is 8.49. The molecule has 1 N–H and O–H groups in total. The number of aryl methyl sites for hydroxylation is 2. The molecular weight excluding hydrogens is 336 g/mol. The molecule has 0 saturated heterocycles. The van der Waals surface area contributed by atoms with Gasteiger partial charge in [0.25, 0.3) is 0 Å². The monoisotopic (exact) mass is 364 g/mol. The van der Waals surface area contributed by atoms with Gasteiger partial charge < -0.3 is 5.11 Å². The van der Waals surface area contributed by atoms with Crippen LogP contribution in [0.5, 0.6) is 5.75 Å². The van der Waals surface area contributed by atoms with Gasteiger partial charge in [0, 0.05) is 11.3 Å². The number of carbonyl (C=O) groups excluding carboxylic acids is 2. The van der Waals surface area contributed by atoms with Gasteiger partial charge in [-0.15, -0.1) is 0 Å². The minimum absolute atomic E-state index is 0.0305. The smallest absolute Gasteiger partial charge is 0.166 e. The van der Waals surface area contributed by atoms with E-state index in [0.717, 1.165) is 22.3 Å². The number of ketones is 2. The van der Waals surface area contributed by atoms with Gasteiger partial charge in [-0.2, -0.15) is 0 Å². The van der Waals surface area contributed by atoms with Gasteiger partial charge in [0.2, 0.25) is 0 Å². The molecule has 142 valence electrons. The van der Waals surface area contributed by atoms with E-state index >= 15 is 0 Å². The Morgan fingerprint density at radius 2 is 1.56 bits per heavy atom. The van der Waals surface area contributed by atoms with E-state index < -0.39 is 10.8 Å². The number of carbonyl (C=O) groups is 2. The average molecular weight is 364 g/mol. The number of hydrogen-bond acceptors (Lipinski definition) is 3. The third-order valence-corrected chi connectivity index (χ3v) is 7.10. The fourth-order valence-electron chi connectivity index (χ4n) is 5.04. The molecule has 3 unspecified atom stereocenters. The largest absolute Gasteiger partial charge is 0.507 e. The lowest BCUT2D eigenvalue weighted by molar-refractivity contribution is -0.147. The molecule has 0 bridgehead atoms. The number of allylic oxidation sites excluding steroid dienone is 5. The maximum absolute atomic E-state index is 13.6. The van der Waals surface area contributed by atoms with Crippen molar-refractivity contribution in [3.05, 3.63) is 64.3 Å². The van der Waals surface area contributed by atoms with Crippen molar-refractivity contribution in [2.24, 2.45) is 10.8 Å². The summed E-state index contributed by atoms with van der Waals surface area (Å²) < 4.78 is 0. The zero-order chi connectivity index (χ0) is 20.3. The Labute approximate surface area is 161 Å². The molecule has 3 heteroatoms. The maximum Gasteiger partial charge on any atom is 0.166 e. The molecular formula is C24H28O3. The van der Waals surface area contributed by atoms with Crippen LogP contribution < -0.4 is 0 Å². The molecule has 3 rings (SSSR count). The lowest BCUT2D eigenvalue weighted by Crippen LogP contribution is -2.57. The van der Waals surface area contributed by atoms with E-state index in [1.54, 1.807) is 19.9 Å². The molecule has 0 radical (unpaired) electrons. The van der Waals surface area contributed by atoms with Crippen molar-refractivity contribution < 1.29 is 14.7 Å². The summed E-state index contributed by atoms with van der Waals surface area (Å²) in [5.41, 5.74) is 2.87. The van der Waals surface area contributed by atoms with E-state index in [2.05, 4.69) is 12.7 Å². The highest BCUT2D eigenvalue weighted by Crippen LogP contribution is 2.62. The van der Waals surface area contributed by atoms with Crippen LogP contribution in [0.2, 0.25) is 0 Å². The molecule has 0 aliphatic heterocycles. The van der Waals surface area contributed by atoms with E-state index in [9.17, 15) is 14.7 Å². The molecule has 0 aromatic heterocycles. The minimum atomic E-state index is -0.901. The first kappa shape index (κ1) is 19.3. The van der Waals surface area contributed by atoms with Crippen LogP contribution in [-0.4, -0.2) is 16.7 Å². The van der Waals surface area contributed by atoms with Crippen molar-refractivity contribution in [2.75, 3.05) is 0 Å². The normalized spacial score (nSPS) is 30.9. The molecule has 2 aliphatic rings. The first-order chi connectivity index (χ1) is 12.5. The molecule has 0 saturated carbocycles. The molecule has 0 fully saturated rings. The highest BCUT2D eigenvalue weighted by atomic mass is 16.3. The van der Waals surface area contributed by atoms with Crippen LogP contribution in [0.1, 0.15) is 56.7 Å². The van der Waals surface area contributed by atoms with Gasteiger partial charge in [-0.3, -0.25) is 9.59 Å². The molecule has 27 heavy (non-hydrogen) atoms. The highest BCUT2D eigenvalue weighted by Gasteiger charge is 2.63. The fourth-order valence-corrected chi connectivity index (χ4v) is 5.04. The molecule has 3 atom stereocenters. The summed E-state index contributed by atoms with van der Waals surface area (Å²) in [6.45, 7) is 15.1. The summed E-state index contributed by atoms with van der Waals surface area (Å²) in [5, 5.41) is 10.2. The molecule has 1 aromatic carbocycles. The van der Waals surface area contributed by atoms with E-state index in [1.807, 2.05) is 39.8 Å². The van der Waals surface area contributed by atoms with E-state index in [-0.39, 0.29) is 23.2 Å². The number of phenols is 1.